The normalized spacial score (nSPS) is 21.6. The molecule has 8 rings (SSSR count). The molecule has 4 aliphatic rings. The lowest BCUT2D eigenvalue weighted by atomic mass is 9.92. The highest BCUT2D eigenvalue weighted by Crippen LogP contribution is 2.63. The Morgan fingerprint density at radius 2 is 1.76 bits per heavy atom. The second-order valence-electron chi connectivity index (χ2n) is 13.2. The number of aromatic nitrogens is 1. The number of carbonyl (C=O) groups is 2. The van der Waals surface area contributed by atoms with Crippen molar-refractivity contribution in [1.82, 2.24) is 4.90 Å². The number of ether oxygens (including phenoxy) is 4. The van der Waals surface area contributed by atoms with Gasteiger partial charge in [0, 0.05) is 36.4 Å². The van der Waals surface area contributed by atoms with Crippen LogP contribution < -0.4 is 19.4 Å². The zero-order valence-corrected chi connectivity index (χ0v) is 29.7. The van der Waals surface area contributed by atoms with E-state index in [1.165, 1.54) is 4.90 Å². The maximum Gasteiger partial charge on any atom is 0.415 e. The number of para-hydroxylation sites is 1. The van der Waals surface area contributed by atoms with Gasteiger partial charge in [-0.25, -0.2) is 14.6 Å². The number of fused-ring (bicyclic) bond motifs is 1. The van der Waals surface area contributed by atoms with Crippen molar-refractivity contribution in [2.75, 3.05) is 45.4 Å². The van der Waals surface area contributed by atoms with Crippen molar-refractivity contribution in [3.05, 3.63) is 117 Å². The number of piperidine rings is 3. The molecule has 12 heteroatoms. The highest BCUT2D eigenvalue weighted by atomic mass is 35.5. The van der Waals surface area contributed by atoms with E-state index < -0.39 is 17.7 Å². The number of pyridine rings is 1. The number of rotatable bonds is 12. The molecule has 0 radical (unpaired) electrons. The molecule has 1 aromatic heterocycles. The fourth-order valence-corrected chi connectivity index (χ4v) is 8.19. The first-order valence-electron chi connectivity index (χ1n) is 16.8. The lowest BCUT2D eigenvalue weighted by Gasteiger charge is -2.31. The van der Waals surface area contributed by atoms with E-state index in [1.54, 1.807) is 81.2 Å². The van der Waals surface area contributed by atoms with Crippen molar-refractivity contribution in [2.45, 2.75) is 30.9 Å². The number of hydrogen-bond donors (Lipinski definition) is 0. The molecule has 4 fully saturated rings. The van der Waals surface area contributed by atoms with E-state index in [4.69, 9.17) is 42.1 Å². The maximum absolute atomic E-state index is 13.8. The van der Waals surface area contributed by atoms with Gasteiger partial charge in [0.05, 0.1) is 44.2 Å². The van der Waals surface area contributed by atoms with E-state index in [0.717, 1.165) is 37.2 Å². The van der Waals surface area contributed by atoms with Crippen molar-refractivity contribution in [2.24, 2.45) is 11.8 Å². The summed E-state index contributed by atoms with van der Waals surface area (Å²) < 4.78 is 23.1. The summed E-state index contributed by atoms with van der Waals surface area (Å²) in [5.74, 6) is 1.06. The summed E-state index contributed by atoms with van der Waals surface area (Å²) in [5, 5.41) is 10.8. The Labute approximate surface area is 306 Å². The molecule has 1 saturated carbocycles. The Bertz CT molecular complexity index is 1980. The van der Waals surface area contributed by atoms with Crippen LogP contribution in [0, 0.1) is 23.2 Å². The van der Waals surface area contributed by atoms with E-state index in [-0.39, 0.29) is 19.1 Å². The van der Waals surface area contributed by atoms with Crippen LogP contribution in [0.4, 0.5) is 10.5 Å². The molecule has 3 aromatic carbocycles. The van der Waals surface area contributed by atoms with Gasteiger partial charge in [-0.1, -0.05) is 53.5 Å². The van der Waals surface area contributed by atoms with Crippen molar-refractivity contribution in [3.63, 3.8) is 0 Å². The molecule has 5 atom stereocenters. The van der Waals surface area contributed by atoms with Crippen molar-refractivity contribution in [3.8, 4) is 17.6 Å². The van der Waals surface area contributed by atoms with E-state index in [2.05, 4.69) is 16.0 Å². The van der Waals surface area contributed by atoms with Gasteiger partial charge in [-0.15, -0.1) is 0 Å². The van der Waals surface area contributed by atoms with Gasteiger partial charge in [-0.2, -0.15) is 5.26 Å². The summed E-state index contributed by atoms with van der Waals surface area (Å²) >= 11 is 13.0. The highest BCUT2D eigenvalue weighted by molar-refractivity contribution is 6.35. The minimum Gasteiger partial charge on any atom is -0.493 e. The van der Waals surface area contributed by atoms with Crippen LogP contribution in [0.25, 0.3) is 0 Å². The van der Waals surface area contributed by atoms with E-state index in [0.29, 0.717) is 62.2 Å². The van der Waals surface area contributed by atoms with E-state index in [1.807, 2.05) is 12.1 Å². The van der Waals surface area contributed by atoms with Crippen LogP contribution in [0.5, 0.6) is 11.5 Å². The molecule has 4 aromatic rings. The van der Waals surface area contributed by atoms with Crippen LogP contribution >= 0.6 is 23.2 Å². The van der Waals surface area contributed by atoms with Crippen molar-refractivity contribution >= 4 is 41.0 Å². The Kier molecular flexibility index (Phi) is 9.79. The average molecular weight is 729 g/mol. The summed E-state index contributed by atoms with van der Waals surface area (Å²) in [4.78, 5) is 34.0. The largest absolute Gasteiger partial charge is 0.493 e. The number of nitrogens with zero attached hydrogens (tertiary/aromatic N) is 3. The highest BCUT2D eigenvalue weighted by Gasteiger charge is 2.74. The van der Waals surface area contributed by atoms with E-state index in [9.17, 15) is 14.9 Å². The monoisotopic (exact) mass is 727 g/mol. The van der Waals surface area contributed by atoms with Gasteiger partial charge >= 0.3 is 12.1 Å². The third-order valence-electron chi connectivity index (χ3n) is 10.4. The molecular weight excluding hydrogens is 691 g/mol. The molecule has 1 N–H and O–H groups in total. The summed E-state index contributed by atoms with van der Waals surface area (Å²) in [6.45, 7) is 2.95. The zero-order valence-electron chi connectivity index (χ0n) is 28.2. The van der Waals surface area contributed by atoms with Crippen LogP contribution in [0.2, 0.25) is 10.0 Å². The molecule has 51 heavy (non-hydrogen) atoms. The number of benzene rings is 3. The first kappa shape index (κ1) is 34.6. The lowest BCUT2D eigenvalue weighted by molar-refractivity contribution is -0.377. The van der Waals surface area contributed by atoms with Crippen molar-refractivity contribution in [1.29, 1.82) is 5.26 Å². The van der Waals surface area contributed by atoms with Gasteiger partial charge < -0.3 is 18.9 Å². The molecule has 10 nitrogen and oxygen atoms in total. The van der Waals surface area contributed by atoms with Crippen LogP contribution in [0.3, 0.4) is 0 Å². The summed E-state index contributed by atoms with van der Waals surface area (Å²) in [7, 11) is 3.13. The standard InChI is InChI=1S/C39H36Cl2N4O6/c1-48-35-12-11-26(16-36(35)49-2)28(15-29-32(40)18-43-19-33(29)41)22-50-37(46)25-9-7-24(8-10-25)20-45(34-6-4-3-5-27(34)17-42)38(47)51-39-23-44-14-13-30(39)31(39)21-44/h3-12,16,18-19,28,30-31H,13-15,20-23H2,1-2H3/p+1/t28-,30?,31?,39-/m1/s1. The van der Waals surface area contributed by atoms with Crippen LogP contribution in [0.1, 0.15) is 45.0 Å². The predicted octanol–water partition coefficient (Wildman–Crippen LogP) is 6.73. The molecule has 0 spiro atoms. The van der Waals surface area contributed by atoms with Crippen molar-refractivity contribution < 1.29 is 33.5 Å². The first-order chi connectivity index (χ1) is 24.7. The number of aromatic amines is 1. The number of hydrogen-bond acceptors (Lipinski definition) is 8. The fourth-order valence-electron chi connectivity index (χ4n) is 7.66. The molecule has 1 amide bonds. The molecule has 1 aliphatic carbocycles. The number of methoxy groups -OCH3 is 2. The molecule has 3 saturated heterocycles. The average Bonchev–Trinajstić information content (AvgIpc) is 3.65. The number of carbonyl (C=O) groups excluding carboxylic acids is 2. The van der Waals surface area contributed by atoms with E-state index >= 15 is 0 Å². The Balaban J connectivity index is 1.07. The number of anilines is 1. The van der Waals surface area contributed by atoms with Gasteiger partial charge in [-0.3, -0.25) is 9.80 Å². The minimum absolute atomic E-state index is 0.0348. The van der Waals surface area contributed by atoms with Gasteiger partial charge in [-0.05, 0) is 66.9 Å². The number of esters is 1. The maximum atomic E-state index is 13.8. The smallest absolute Gasteiger partial charge is 0.415 e. The molecule has 4 bridgehead atoms. The summed E-state index contributed by atoms with van der Waals surface area (Å²) in [5.41, 5.74) is 3.07. The van der Waals surface area contributed by atoms with Gasteiger partial charge in [0.15, 0.2) is 23.9 Å². The summed E-state index contributed by atoms with van der Waals surface area (Å²) in [6.07, 6.45) is 4.26. The molecule has 4 heterocycles. The van der Waals surface area contributed by atoms with Gasteiger partial charge in [0.25, 0.3) is 0 Å². The van der Waals surface area contributed by atoms with Crippen LogP contribution in [-0.4, -0.2) is 63.0 Å². The minimum atomic E-state index is -0.512. The number of halogens is 2. The van der Waals surface area contributed by atoms with Crippen LogP contribution in [0.15, 0.2) is 79.1 Å². The SMILES string of the molecule is COc1ccc([C@@H](COC(=O)c2ccc(CN(C(=O)O[C@]34CN5CCC3C4C5)c3ccccc3C#N)cc2)Cc2c(Cl)c[nH+]cc2Cl)cc1OC. The quantitative estimate of drug-likeness (QED) is 0.148. The Morgan fingerprint density at radius 3 is 2.41 bits per heavy atom. The zero-order chi connectivity index (χ0) is 35.7. The fraction of sp³-hybridized carbons (Fsp3) is 0.333. The Morgan fingerprint density at radius 1 is 1.02 bits per heavy atom. The number of nitrogens with one attached hydrogen (secondary N) is 1. The molecule has 3 unspecified atom stereocenters. The molecular formula is C39H37Cl2N4O6+. The number of amides is 1. The predicted molar refractivity (Wildman–Crippen MR) is 190 cm³/mol. The first-order valence-corrected chi connectivity index (χ1v) is 17.5. The lowest BCUT2D eigenvalue weighted by Crippen LogP contribution is -2.42. The summed E-state index contributed by atoms with van der Waals surface area (Å²) in [6, 6.07) is 21.6. The second-order valence-corrected chi connectivity index (χ2v) is 14.0. The number of H-pyrrole nitrogens is 1. The Hall–Kier alpha value is -4.82. The second kappa shape index (κ2) is 14.4. The van der Waals surface area contributed by atoms with Gasteiger partial charge in [0.2, 0.25) is 0 Å². The third kappa shape index (κ3) is 6.81. The number of nitriles is 1. The molecule has 262 valence electrons. The van der Waals surface area contributed by atoms with Gasteiger partial charge in [0.1, 0.15) is 21.7 Å². The topological polar surface area (TPSA) is 115 Å². The van der Waals surface area contributed by atoms with Crippen LogP contribution in [-0.2, 0) is 22.4 Å². The third-order valence-corrected chi connectivity index (χ3v) is 11.1. The molecule has 3 aliphatic heterocycles.